The number of amides is 1. The van der Waals surface area contributed by atoms with Crippen molar-refractivity contribution < 1.29 is 14.3 Å². The molecule has 0 aliphatic heterocycles. The molecule has 1 atom stereocenters. The van der Waals surface area contributed by atoms with E-state index in [1.54, 1.807) is 26.2 Å². The number of esters is 1. The third-order valence-electron chi connectivity index (χ3n) is 1.80. The molecule has 1 amide bonds. The standard InChI is InChI=1S/C10H15N3O3S2/c1-10(2,3)16-9(15)6(11)5-4-18-8(12-5)7(14)13-17/h4,6,17H,11H2,1-3H3,(H,13,14). The summed E-state index contributed by atoms with van der Waals surface area (Å²) in [6.07, 6.45) is 0. The first-order valence-corrected chi connectivity index (χ1v) is 6.45. The number of rotatable bonds is 3. The maximum Gasteiger partial charge on any atom is 0.329 e. The van der Waals surface area contributed by atoms with E-state index in [1.807, 2.05) is 0 Å². The average molecular weight is 289 g/mol. The number of hydrogen-bond donors (Lipinski definition) is 3. The molecule has 6 nitrogen and oxygen atoms in total. The molecular weight excluding hydrogens is 274 g/mol. The highest BCUT2D eigenvalue weighted by molar-refractivity contribution is 7.78. The summed E-state index contributed by atoms with van der Waals surface area (Å²) in [7, 11) is 0. The molecule has 1 aromatic rings. The molecule has 0 radical (unpaired) electrons. The van der Waals surface area contributed by atoms with Crippen molar-refractivity contribution in [3.8, 4) is 0 Å². The number of nitrogens with one attached hydrogen (secondary N) is 1. The number of nitrogens with zero attached hydrogens (tertiary/aromatic N) is 1. The van der Waals surface area contributed by atoms with Crippen LogP contribution in [0.3, 0.4) is 0 Å². The number of ether oxygens (including phenoxy) is 1. The predicted molar refractivity (Wildman–Crippen MR) is 71.3 cm³/mol. The Hall–Kier alpha value is -1.12. The number of carbonyl (C=O) groups is 2. The Bertz CT molecular complexity index is 453. The summed E-state index contributed by atoms with van der Waals surface area (Å²) in [5, 5.41) is 1.74. The number of thiol groups is 1. The third-order valence-corrected chi connectivity index (χ3v) is 2.86. The van der Waals surface area contributed by atoms with Crippen molar-refractivity contribution in [3.05, 3.63) is 16.1 Å². The lowest BCUT2D eigenvalue weighted by atomic mass is 10.2. The minimum absolute atomic E-state index is 0.194. The van der Waals surface area contributed by atoms with Gasteiger partial charge >= 0.3 is 5.97 Å². The SMILES string of the molecule is CC(C)(C)OC(=O)C(N)c1csc(C(=O)NS)n1. The summed E-state index contributed by atoms with van der Waals surface area (Å²) < 4.78 is 7.28. The molecule has 3 N–H and O–H groups in total. The molecule has 1 rings (SSSR count). The van der Waals surface area contributed by atoms with Gasteiger partial charge in [-0.15, -0.1) is 11.3 Å². The summed E-state index contributed by atoms with van der Waals surface area (Å²) in [4.78, 5) is 26.9. The monoisotopic (exact) mass is 289 g/mol. The number of nitrogens with two attached hydrogens (primary N) is 1. The summed E-state index contributed by atoms with van der Waals surface area (Å²) >= 11 is 4.72. The molecule has 0 saturated heterocycles. The van der Waals surface area contributed by atoms with Gasteiger partial charge < -0.3 is 10.5 Å². The van der Waals surface area contributed by atoms with Crippen LogP contribution in [0.15, 0.2) is 5.38 Å². The maximum atomic E-state index is 11.7. The molecule has 0 aliphatic rings. The van der Waals surface area contributed by atoms with Crippen molar-refractivity contribution in [1.29, 1.82) is 0 Å². The fourth-order valence-corrected chi connectivity index (χ4v) is 2.00. The van der Waals surface area contributed by atoms with Gasteiger partial charge in [-0.3, -0.25) is 9.52 Å². The zero-order valence-corrected chi connectivity index (χ0v) is 12.0. The molecule has 0 aromatic carbocycles. The Labute approximate surface area is 114 Å². The lowest BCUT2D eigenvalue weighted by molar-refractivity contribution is -0.156. The van der Waals surface area contributed by atoms with Gasteiger partial charge in [0.25, 0.3) is 5.91 Å². The first-order chi connectivity index (χ1) is 8.24. The second-order valence-electron chi connectivity index (χ2n) is 4.53. The molecule has 0 spiro atoms. The minimum Gasteiger partial charge on any atom is -0.459 e. The molecule has 1 aromatic heterocycles. The van der Waals surface area contributed by atoms with Crippen LogP contribution >= 0.6 is 24.2 Å². The van der Waals surface area contributed by atoms with Gasteiger partial charge in [-0.25, -0.2) is 9.78 Å². The molecule has 18 heavy (non-hydrogen) atoms. The van der Waals surface area contributed by atoms with E-state index in [9.17, 15) is 9.59 Å². The first kappa shape index (κ1) is 14.9. The van der Waals surface area contributed by atoms with Crippen molar-refractivity contribution in [1.82, 2.24) is 9.71 Å². The second kappa shape index (κ2) is 5.68. The Kier molecular flexibility index (Phi) is 4.71. The van der Waals surface area contributed by atoms with Crippen LogP contribution in [-0.2, 0) is 9.53 Å². The van der Waals surface area contributed by atoms with E-state index in [0.717, 1.165) is 11.3 Å². The van der Waals surface area contributed by atoms with E-state index in [2.05, 4.69) is 22.5 Å². The van der Waals surface area contributed by atoms with Crippen molar-refractivity contribution in [2.45, 2.75) is 32.4 Å². The highest BCUT2D eigenvalue weighted by Crippen LogP contribution is 2.19. The van der Waals surface area contributed by atoms with Gasteiger partial charge in [-0.05, 0) is 20.8 Å². The van der Waals surface area contributed by atoms with Gasteiger partial charge in [-0.1, -0.05) is 12.8 Å². The van der Waals surface area contributed by atoms with Crippen LogP contribution in [-0.4, -0.2) is 22.5 Å². The van der Waals surface area contributed by atoms with Crippen LogP contribution in [0.1, 0.15) is 42.3 Å². The van der Waals surface area contributed by atoms with Gasteiger partial charge in [0.15, 0.2) is 5.01 Å². The van der Waals surface area contributed by atoms with Gasteiger partial charge in [-0.2, -0.15) is 0 Å². The largest absolute Gasteiger partial charge is 0.459 e. The van der Waals surface area contributed by atoms with Crippen molar-refractivity contribution in [2.75, 3.05) is 0 Å². The topological polar surface area (TPSA) is 94.3 Å². The average Bonchev–Trinajstić information content (AvgIpc) is 2.73. The van der Waals surface area contributed by atoms with E-state index in [-0.39, 0.29) is 5.01 Å². The highest BCUT2D eigenvalue weighted by Gasteiger charge is 2.26. The van der Waals surface area contributed by atoms with E-state index in [4.69, 9.17) is 10.5 Å². The molecule has 0 saturated carbocycles. The normalized spacial score (nSPS) is 12.9. The number of aromatic nitrogens is 1. The number of thiazole rings is 1. The summed E-state index contributed by atoms with van der Waals surface area (Å²) in [6.45, 7) is 5.25. The van der Waals surface area contributed by atoms with E-state index in [1.165, 1.54) is 0 Å². The smallest absolute Gasteiger partial charge is 0.329 e. The van der Waals surface area contributed by atoms with Crippen LogP contribution in [0.4, 0.5) is 0 Å². The van der Waals surface area contributed by atoms with Crippen LogP contribution in [0.25, 0.3) is 0 Å². The molecule has 0 bridgehead atoms. The molecule has 100 valence electrons. The summed E-state index contributed by atoms with van der Waals surface area (Å²) in [6, 6.07) is -0.998. The predicted octanol–water partition coefficient (Wildman–Crippen LogP) is 1.06. The number of carbonyl (C=O) groups excluding carboxylic acids is 2. The Morgan fingerprint density at radius 2 is 2.17 bits per heavy atom. The maximum absolute atomic E-state index is 11.7. The quantitative estimate of drug-likeness (QED) is 0.571. The molecular formula is C10H15N3O3S2. The van der Waals surface area contributed by atoms with Crippen LogP contribution in [0.2, 0.25) is 0 Å². The van der Waals surface area contributed by atoms with Crippen molar-refractivity contribution >= 4 is 36.0 Å². The highest BCUT2D eigenvalue weighted by atomic mass is 32.1. The van der Waals surface area contributed by atoms with Gasteiger partial charge in [0.2, 0.25) is 0 Å². The van der Waals surface area contributed by atoms with Crippen LogP contribution in [0.5, 0.6) is 0 Å². The minimum atomic E-state index is -0.998. The van der Waals surface area contributed by atoms with E-state index >= 15 is 0 Å². The number of hydrogen-bond acceptors (Lipinski definition) is 7. The second-order valence-corrected chi connectivity index (χ2v) is 5.61. The lowest BCUT2D eigenvalue weighted by Gasteiger charge is -2.21. The van der Waals surface area contributed by atoms with Gasteiger partial charge in [0, 0.05) is 5.38 Å². The molecule has 0 aliphatic carbocycles. The Morgan fingerprint density at radius 3 is 2.67 bits per heavy atom. The fraction of sp³-hybridized carbons (Fsp3) is 0.500. The molecule has 1 heterocycles. The van der Waals surface area contributed by atoms with Gasteiger partial charge in [0.1, 0.15) is 11.6 Å². The van der Waals surface area contributed by atoms with E-state index < -0.39 is 23.5 Å². The first-order valence-electron chi connectivity index (χ1n) is 5.13. The van der Waals surface area contributed by atoms with Crippen LogP contribution in [0, 0.1) is 0 Å². The van der Waals surface area contributed by atoms with Crippen LogP contribution < -0.4 is 10.5 Å². The fourth-order valence-electron chi connectivity index (χ4n) is 1.07. The summed E-state index contributed by atoms with van der Waals surface area (Å²) in [5.74, 6) is -1.02. The molecule has 0 fully saturated rings. The molecule has 1 unspecified atom stereocenters. The zero-order valence-electron chi connectivity index (χ0n) is 10.3. The third kappa shape index (κ3) is 3.97. The Morgan fingerprint density at radius 1 is 1.56 bits per heavy atom. The van der Waals surface area contributed by atoms with Crippen molar-refractivity contribution in [2.24, 2.45) is 5.73 Å². The lowest BCUT2D eigenvalue weighted by Crippen LogP contribution is -2.31. The zero-order chi connectivity index (χ0) is 13.9. The van der Waals surface area contributed by atoms with Crippen molar-refractivity contribution in [3.63, 3.8) is 0 Å². The van der Waals surface area contributed by atoms with Gasteiger partial charge in [0.05, 0.1) is 5.69 Å². The Balaban J connectivity index is 2.78. The molecule has 8 heteroatoms. The summed E-state index contributed by atoms with van der Waals surface area (Å²) in [5.41, 5.74) is 5.41. The van der Waals surface area contributed by atoms with E-state index in [0.29, 0.717) is 5.69 Å².